The van der Waals surface area contributed by atoms with Gasteiger partial charge in [-0.05, 0) is 26.2 Å². The van der Waals surface area contributed by atoms with Crippen molar-refractivity contribution in [3.05, 3.63) is 27.9 Å². The Morgan fingerprint density at radius 2 is 2.30 bits per heavy atom. The van der Waals surface area contributed by atoms with Crippen LogP contribution in [0.15, 0.2) is 12.3 Å². The van der Waals surface area contributed by atoms with Gasteiger partial charge < -0.3 is 10.0 Å². The Hall–Kier alpha value is -2.20. The van der Waals surface area contributed by atoms with Crippen LogP contribution in [-0.2, 0) is 0 Å². The Labute approximate surface area is 116 Å². The van der Waals surface area contributed by atoms with E-state index < -0.39 is 10.5 Å². The highest BCUT2D eigenvalue weighted by Gasteiger charge is 2.29. The minimum absolute atomic E-state index is 0.161. The molecular weight excluding hydrogens is 260 g/mol. The van der Waals surface area contributed by atoms with Crippen molar-refractivity contribution in [3.63, 3.8) is 0 Å². The quantitative estimate of drug-likeness (QED) is 0.650. The summed E-state index contributed by atoms with van der Waals surface area (Å²) in [4.78, 5) is 16.5. The lowest BCUT2D eigenvalue weighted by Gasteiger charge is -2.23. The molecule has 1 unspecified atom stereocenters. The van der Waals surface area contributed by atoms with Gasteiger partial charge in [0.05, 0.1) is 16.1 Å². The third-order valence-corrected chi connectivity index (χ3v) is 3.54. The standard InChI is InChI=1S/C13H16N4O3/c1-13(18)3-2-5-16(6-4-13)12-11(17(19)20)7-10(8-14)9-15-12/h7,9,18H,2-6H2,1H3. The third kappa shape index (κ3) is 3.03. The van der Waals surface area contributed by atoms with Crippen molar-refractivity contribution in [2.24, 2.45) is 0 Å². The molecule has 0 aliphatic carbocycles. The van der Waals surface area contributed by atoms with Crippen LogP contribution in [0.3, 0.4) is 0 Å². The fourth-order valence-electron chi connectivity index (χ4n) is 2.36. The normalized spacial score (nSPS) is 22.9. The van der Waals surface area contributed by atoms with Gasteiger partial charge in [-0.25, -0.2) is 4.98 Å². The Balaban J connectivity index is 2.33. The lowest BCUT2D eigenvalue weighted by Crippen LogP contribution is -2.29. The van der Waals surface area contributed by atoms with Gasteiger partial charge in [-0.1, -0.05) is 0 Å². The van der Waals surface area contributed by atoms with Crippen LogP contribution in [0.1, 0.15) is 31.7 Å². The SMILES string of the molecule is CC1(O)CCCN(c2ncc(C#N)cc2[N+](=O)[O-])CC1. The minimum atomic E-state index is -0.740. The minimum Gasteiger partial charge on any atom is -0.390 e. The van der Waals surface area contributed by atoms with Crippen molar-refractivity contribution >= 4 is 11.5 Å². The van der Waals surface area contributed by atoms with E-state index in [1.165, 1.54) is 12.3 Å². The fourth-order valence-corrected chi connectivity index (χ4v) is 2.36. The summed E-state index contributed by atoms with van der Waals surface area (Å²) in [5.41, 5.74) is -0.733. The highest BCUT2D eigenvalue weighted by atomic mass is 16.6. The summed E-state index contributed by atoms with van der Waals surface area (Å²) in [5.74, 6) is 0.270. The van der Waals surface area contributed by atoms with Crippen molar-refractivity contribution in [2.75, 3.05) is 18.0 Å². The smallest absolute Gasteiger partial charge is 0.312 e. The maximum Gasteiger partial charge on any atom is 0.312 e. The molecule has 1 aromatic heterocycles. The molecule has 1 saturated heterocycles. The molecule has 20 heavy (non-hydrogen) atoms. The lowest BCUT2D eigenvalue weighted by molar-refractivity contribution is -0.384. The van der Waals surface area contributed by atoms with Crippen LogP contribution in [0.2, 0.25) is 0 Å². The van der Waals surface area contributed by atoms with Crippen LogP contribution in [0.4, 0.5) is 11.5 Å². The molecule has 1 aliphatic heterocycles. The third-order valence-electron chi connectivity index (χ3n) is 3.54. The van der Waals surface area contributed by atoms with E-state index in [1.54, 1.807) is 11.8 Å². The molecule has 106 valence electrons. The van der Waals surface area contributed by atoms with Gasteiger partial charge in [0.15, 0.2) is 0 Å². The number of hydrogen-bond acceptors (Lipinski definition) is 6. The van der Waals surface area contributed by atoms with Crippen molar-refractivity contribution in [2.45, 2.75) is 31.8 Å². The summed E-state index contributed by atoms with van der Waals surface area (Å²) in [6.07, 6.45) is 3.27. The average molecular weight is 276 g/mol. The molecule has 2 heterocycles. The maximum absolute atomic E-state index is 11.1. The van der Waals surface area contributed by atoms with E-state index >= 15 is 0 Å². The first-order valence-corrected chi connectivity index (χ1v) is 6.45. The number of pyridine rings is 1. The van der Waals surface area contributed by atoms with Crippen molar-refractivity contribution in [1.82, 2.24) is 4.98 Å². The zero-order valence-electron chi connectivity index (χ0n) is 11.2. The topological polar surface area (TPSA) is 103 Å². The number of rotatable bonds is 2. The lowest BCUT2D eigenvalue weighted by atomic mass is 9.98. The largest absolute Gasteiger partial charge is 0.390 e. The van der Waals surface area contributed by atoms with Crippen LogP contribution in [0.5, 0.6) is 0 Å². The zero-order valence-corrected chi connectivity index (χ0v) is 11.2. The summed E-state index contributed by atoms with van der Waals surface area (Å²) in [7, 11) is 0. The van der Waals surface area contributed by atoms with E-state index in [-0.39, 0.29) is 17.1 Å². The molecule has 2 rings (SSSR count). The van der Waals surface area contributed by atoms with Crippen molar-refractivity contribution in [1.29, 1.82) is 5.26 Å². The summed E-state index contributed by atoms with van der Waals surface area (Å²) in [6.45, 7) is 2.89. The molecule has 1 atom stereocenters. The number of aliphatic hydroxyl groups is 1. The van der Waals surface area contributed by atoms with Crippen LogP contribution in [-0.4, -0.2) is 33.7 Å². The molecule has 1 fully saturated rings. The maximum atomic E-state index is 11.1. The molecule has 0 amide bonds. The number of hydrogen-bond donors (Lipinski definition) is 1. The van der Waals surface area contributed by atoms with Crippen molar-refractivity contribution < 1.29 is 10.0 Å². The van der Waals surface area contributed by atoms with E-state index in [0.717, 1.165) is 6.42 Å². The summed E-state index contributed by atoms with van der Waals surface area (Å²) in [5, 5.41) is 30.0. The number of aromatic nitrogens is 1. The molecule has 0 radical (unpaired) electrons. The van der Waals surface area contributed by atoms with E-state index in [1.807, 2.05) is 6.07 Å². The summed E-state index contributed by atoms with van der Waals surface area (Å²) in [6, 6.07) is 3.09. The molecule has 1 N–H and O–H groups in total. The summed E-state index contributed by atoms with van der Waals surface area (Å²) < 4.78 is 0. The van der Waals surface area contributed by atoms with Crippen LogP contribution >= 0.6 is 0 Å². The average Bonchev–Trinajstić information content (AvgIpc) is 2.59. The summed E-state index contributed by atoms with van der Waals surface area (Å²) >= 11 is 0. The molecule has 7 heteroatoms. The zero-order chi connectivity index (χ0) is 14.8. The highest BCUT2D eigenvalue weighted by Crippen LogP contribution is 2.30. The number of nitrogens with zero attached hydrogens (tertiary/aromatic N) is 4. The monoisotopic (exact) mass is 276 g/mol. The second-order valence-electron chi connectivity index (χ2n) is 5.27. The molecule has 1 aromatic rings. The van der Waals surface area contributed by atoms with Gasteiger partial charge in [-0.3, -0.25) is 10.1 Å². The van der Waals surface area contributed by atoms with Crippen LogP contribution in [0, 0.1) is 21.4 Å². The Bertz CT molecular complexity index is 565. The Kier molecular flexibility index (Phi) is 3.86. The first-order chi connectivity index (χ1) is 9.43. The van der Waals surface area contributed by atoms with Gasteiger partial charge in [-0.2, -0.15) is 5.26 Å². The molecule has 0 bridgehead atoms. The first-order valence-electron chi connectivity index (χ1n) is 6.45. The van der Waals surface area contributed by atoms with Gasteiger partial charge in [0.2, 0.25) is 5.82 Å². The van der Waals surface area contributed by atoms with E-state index in [0.29, 0.717) is 25.9 Å². The van der Waals surface area contributed by atoms with Gasteiger partial charge >= 0.3 is 5.69 Å². The van der Waals surface area contributed by atoms with E-state index in [9.17, 15) is 15.2 Å². The van der Waals surface area contributed by atoms with Crippen LogP contribution in [0.25, 0.3) is 0 Å². The molecule has 1 aliphatic rings. The second-order valence-corrected chi connectivity index (χ2v) is 5.27. The highest BCUT2D eigenvalue weighted by molar-refractivity contribution is 5.60. The fraction of sp³-hybridized carbons (Fsp3) is 0.538. The molecular formula is C13H16N4O3. The second kappa shape index (κ2) is 5.43. The predicted molar refractivity (Wildman–Crippen MR) is 72.3 cm³/mol. The van der Waals surface area contributed by atoms with Gasteiger partial charge in [0.25, 0.3) is 0 Å². The molecule has 0 aromatic carbocycles. The van der Waals surface area contributed by atoms with Crippen molar-refractivity contribution in [3.8, 4) is 6.07 Å². The first kappa shape index (κ1) is 14.2. The molecule has 0 saturated carbocycles. The van der Waals surface area contributed by atoms with Gasteiger partial charge in [0, 0.05) is 25.4 Å². The Morgan fingerprint density at radius 3 is 2.95 bits per heavy atom. The number of nitriles is 1. The number of nitro groups is 1. The van der Waals surface area contributed by atoms with Gasteiger partial charge in [-0.15, -0.1) is 0 Å². The van der Waals surface area contributed by atoms with E-state index in [2.05, 4.69) is 4.98 Å². The molecule has 0 spiro atoms. The number of anilines is 1. The Morgan fingerprint density at radius 1 is 1.55 bits per heavy atom. The van der Waals surface area contributed by atoms with E-state index in [4.69, 9.17) is 5.26 Å². The van der Waals surface area contributed by atoms with Gasteiger partial charge in [0.1, 0.15) is 6.07 Å². The molecule has 7 nitrogen and oxygen atoms in total. The predicted octanol–water partition coefficient (Wildman–Crippen LogP) is 1.60. The van der Waals surface area contributed by atoms with Crippen LogP contribution < -0.4 is 4.90 Å².